The Bertz CT molecular complexity index is 358. The fourth-order valence-electron chi connectivity index (χ4n) is 2.69. The second-order valence-corrected chi connectivity index (χ2v) is 6.65. The predicted octanol–water partition coefficient (Wildman–Crippen LogP) is 3.08. The van der Waals surface area contributed by atoms with E-state index in [1.54, 1.807) is 0 Å². The molecule has 1 aliphatic heterocycles. The van der Waals surface area contributed by atoms with E-state index < -0.39 is 0 Å². The van der Waals surface area contributed by atoms with Crippen molar-refractivity contribution in [1.29, 1.82) is 0 Å². The topological polar surface area (TPSA) is 21.3 Å². The molecule has 3 heteroatoms. The number of hydrogen-bond donors (Lipinski definition) is 1. The summed E-state index contributed by atoms with van der Waals surface area (Å²) in [5, 5.41) is 4.59. The molecule has 1 N–H and O–H groups in total. The second kappa shape index (κ2) is 6.09. The fraction of sp³-hybridized carbons (Fsp3) is 0.600. The van der Waals surface area contributed by atoms with E-state index in [2.05, 4.69) is 35.6 Å². The van der Waals surface area contributed by atoms with Gasteiger partial charge in [0.25, 0.3) is 0 Å². The lowest BCUT2D eigenvalue weighted by Crippen LogP contribution is -2.49. The average molecular weight is 263 g/mol. The molecule has 2 nitrogen and oxygen atoms in total. The standard InChI is InChI=1S/C15H21NOS/c1-2-4-14(5-3-1)18-15-10-13(11-15)16-12-6-8-17-9-7-12/h1-5,12-13,15-16H,6-11H2. The first-order valence-electron chi connectivity index (χ1n) is 6.95. The van der Waals surface area contributed by atoms with E-state index in [1.807, 2.05) is 11.8 Å². The molecule has 1 heterocycles. The van der Waals surface area contributed by atoms with Gasteiger partial charge in [0.05, 0.1) is 0 Å². The summed E-state index contributed by atoms with van der Waals surface area (Å²) in [6, 6.07) is 12.2. The van der Waals surface area contributed by atoms with Crippen molar-refractivity contribution in [3.05, 3.63) is 30.3 Å². The second-order valence-electron chi connectivity index (χ2n) is 5.27. The maximum atomic E-state index is 5.39. The van der Waals surface area contributed by atoms with Crippen molar-refractivity contribution in [3.63, 3.8) is 0 Å². The van der Waals surface area contributed by atoms with Crippen LogP contribution in [-0.2, 0) is 4.74 Å². The van der Waals surface area contributed by atoms with Crippen LogP contribution in [0, 0.1) is 0 Å². The van der Waals surface area contributed by atoms with E-state index in [4.69, 9.17) is 4.74 Å². The molecule has 0 atom stereocenters. The van der Waals surface area contributed by atoms with Crippen LogP contribution in [0.25, 0.3) is 0 Å². The third kappa shape index (κ3) is 3.28. The zero-order valence-corrected chi connectivity index (χ0v) is 11.5. The van der Waals surface area contributed by atoms with Gasteiger partial charge in [0.15, 0.2) is 0 Å². The predicted molar refractivity (Wildman–Crippen MR) is 76.1 cm³/mol. The van der Waals surface area contributed by atoms with Crippen LogP contribution in [0.3, 0.4) is 0 Å². The third-order valence-electron chi connectivity index (χ3n) is 3.83. The Balaban J connectivity index is 1.38. The van der Waals surface area contributed by atoms with Gasteiger partial charge in [0, 0.05) is 35.4 Å². The summed E-state index contributed by atoms with van der Waals surface area (Å²) in [7, 11) is 0. The van der Waals surface area contributed by atoms with E-state index in [1.165, 1.54) is 30.6 Å². The molecule has 1 aromatic carbocycles. The van der Waals surface area contributed by atoms with Crippen LogP contribution < -0.4 is 5.32 Å². The molecule has 0 bridgehead atoms. The molecule has 0 unspecified atom stereocenters. The maximum Gasteiger partial charge on any atom is 0.0480 e. The first kappa shape index (κ1) is 12.5. The van der Waals surface area contributed by atoms with Crippen LogP contribution in [-0.4, -0.2) is 30.5 Å². The molecular weight excluding hydrogens is 242 g/mol. The highest BCUT2D eigenvalue weighted by Gasteiger charge is 2.31. The zero-order chi connectivity index (χ0) is 12.2. The highest BCUT2D eigenvalue weighted by molar-refractivity contribution is 8.00. The highest BCUT2D eigenvalue weighted by Crippen LogP contribution is 2.37. The Morgan fingerprint density at radius 3 is 2.44 bits per heavy atom. The average Bonchev–Trinajstić information content (AvgIpc) is 2.39. The van der Waals surface area contributed by atoms with Crippen molar-refractivity contribution in [2.45, 2.75) is 47.9 Å². The Morgan fingerprint density at radius 2 is 1.72 bits per heavy atom. The molecule has 1 saturated heterocycles. The number of hydrogen-bond acceptors (Lipinski definition) is 3. The number of rotatable bonds is 4. The Kier molecular flexibility index (Phi) is 4.24. The van der Waals surface area contributed by atoms with Crippen LogP contribution in [0.1, 0.15) is 25.7 Å². The van der Waals surface area contributed by atoms with Crippen LogP contribution in [0.5, 0.6) is 0 Å². The number of benzene rings is 1. The van der Waals surface area contributed by atoms with Crippen molar-refractivity contribution in [2.24, 2.45) is 0 Å². The minimum atomic E-state index is 0.700. The Labute approximate surface area is 113 Å². The van der Waals surface area contributed by atoms with Gasteiger partial charge in [-0.05, 0) is 37.8 Å². The molecule has 0 aromatic heterocycles. The van der Waals surface area contributed by atoms with Gasteiger partial charge >= 0.3 is 0 Å². The summed E-state index contributed by atoms with van der Waals surface area (Å²) in [5.41, 5.74) is 0. The van der Waals surface area contributed by atoms with Crippen molar-refractivity contribution >= 4 is 11.8 Å². The van der Waals surface area contributed by atoms with Gasteiger partial charge in [0.2, 0.25) is 0 Å². The molecule has 2 fully saturated rings. The first-order valence-corrected chi connectivity index (χ1v) is 7.83. The van der Waals surface area contributed by atoms with Gasteiger partial charge in [-0.25, -0.2) is 0 Å². The van der Waals surface area contributed by atoms with Crippen LogP contribution >= 0.6 is 11.8 Å². The molecule has 98 valence electrons. The smallest absolute Gasteiger partial charge is 0.0480 e. The maximum absolute atomic E-state index is 5.39. The van der Waals surface area contributed by atoms with E-state index in [0.717, 1.165) is 24.5 Å². The molecular formula is C15H21NOS. The number of nitrogens with one attached hydrogen (secondary N) is 1. The van der Waals surface area contributed by atoms with Gasteiger partial charge in [-0.2, -0.15) is 0 Å². The molecule has 0 radical (unpaired) electrons. The monoisotopic (exact) mass is 263 g/mol. The van der Waals surface area contributed by atoms with Gasteiger partial charge < -0.3 is 10.1 Å². The summed E-state index contributed by atoms with van der Waals surface area (Å²) in [5.74, 6) is 0. The lowest BCUT2D eigenvalue weighted by molar-refractivity contribution is 0.0716. The molecule has 18 heavy (non-hydrogen) atoms. The summed E-state index contributed by atoms with van der Waals surface area (Å²) in [6.45, 7) is 1.87. The van der Waals surface area contributed by atoms with E-state index in [-0.39, 0.29) is 0 Å². The van der Waals surface area contributed by atoms with E-state index >= 15 is 0 Å². The minimum Gasteiger partial charge on any atom is -0.381 e. The largest absolute Gasteiger partial charge is 0.381 e. The van der Waals surface area contributed by atoms with Crippen LogP contribution in [0.2, 0.25) is 0 Å². The van der Waals surface area contributed by atoms with Crippen molar-refractivity contribution < 1.29 is 4.74 Å². The van der Waals surface area contributed by atoms with Crippen molar-refractivity contribution in [1.82, 2.24) is 5.32 Å². The van der Waals surface area contributed by atoms with E-state index in [0.29, 0.717) is 6.04 Å². The van der Waals surface area contributed by atoms with Crippen molar-refractivity contribution in [2.75, 3.05) is 13.2 Å². The lowest BCUT2D eigenvalue weighted by Gasteiger charge is -2.39. The molecule has 3 rings (SSSR count). The quantitative estimate of drug-likeness (QED) is 0.902. The van der Waals surface area contributed by atoms with E-state index in [9.17, 15) is 0 Å². The summed E-state index contributed by atoms with van der Waals surface area (Å²) >= 11 is 2.03. The van der Waals surface area contributed by atoms with Gasteiger partial charge in [-0.1, -0.05) is 18.2 Å². The highest BCUT2D eigenvalue weighted by atomic mass is 32.2. The van der Waals surface area contributed by atoms with Gasteiger partial charge in [-0.15, -0.1) is 11.8 Å². The number of thioether (sulfide) groups is 1. The van der Waals surface area contributed by atoms with Crippen molar-refractivity contribution in [3.8, 4) is 0 Å². The van der Waals surface area contributed by atoms with Gasteiger partial charge in [0.1, 0.15) is 0 Å². The minimum absolute atomic E-state index is 0.700. The SMILES string of the molecule is c1ccc(SC2CC(NC3CCOCC3)C2)cc1. The fourth-order valence-corrected chi connectivity index (χ4v) is 4.04. The molecule has 0 spiro atoms. The molecule has 0 amide bonds. The third-order valence-corrected chi connectivity index (χ3v) is 5.10. The summed E-state index contributed by atoms with van der Waals surface area (Å²) in [4.78, 5) is 1.41. The lowest BCUT2D eigenvalue weighted by atomic mass is 9.90. The molecule has 2 aliphatic rings. The Morgan fingerprint density at radius 1 is 1.00 bits per heavy atom. The normalized spacial score (nSPS) is 28.9. The molecule has 1 saturated carbocycles. The zero-order valence-electron chi connectivity index (χ0n) is 10.7. The van der Waals surface area contributed by atoms with Crippen LogP contribution in [0.15, 0.2) is 35.2 Å². The Hall–Kier alpha value is -0.510. The first-order chi connectivity index (χ1) is 8.90. The van der Waals surface area contributed by atoms with Crippen LogP contribution in [0.4, 0.5) is 0 Å². The molecule has 1 aliphatic carbocycles. The summed E-state index contributed by atoms with van der Waals surface area (Å²) in [6.07, 6.45) is 5.01. The van der Waals surface area contributed by atoms with Gasteiger partial charge in [-0.3, -0.25) is 0 Å². The summed E-state index contributed by atoms with van der Waals surface area (Å²) < 4.78 is 5.39. The number of ether oxygens (including phenoxy) is 1. The molecule has 1 aromatic rings.